The van der Waals surface area contributed by atoms with Crippen LogP contribution in [0.3, 0.4) is 0 Å². The Kier molecular flexibility index (Phi) is 7.39. The number of hydrogen-bond donors (Lipinski definition) is 0. The molecule has 0 aliphatic heterocycles. The van der Waals surface area contributed by atoms with Crippen LogP contribution in [-0.4, -0.2) is 9.97 Å². The Morgan fingerprint density at radius 3 is 1.42 bits per heavy atom. The Morgan fingerprint density at radius 1 is 0.291 bits per heavy atom. The SMILES string of the molecule is c1ccc(-c2cc(-c3ccc(-c4ccc(-c5cccc6c5sc5ccccc56)cc4)cc3)nc(-c3ccc4c5ccccc5c5ccccc5c4c3)n2)cc1. The molecule has 9 aromatic carbocycles. The Morgan fingerprint density at radius 2 is 0.764 bits per heavy atom. The van der Waals surface area contributed by atoms with Crippen LogP contribution in [-0.2, 0) is 0 Å². The van der Waals surface area contributed by atoms with Gasteiger partial charge < -0.3 is 0 Å². The molecule has 0 unspecified atom stereocenters. The summed E-state index contributed by atoms with van der Waals surface area (Å²) in [6.45, 7) is 0. The van der Waals surface area contributed by atoms with Gasteiger partial charge in [-0.15, -0.1) is 11.3 Å². The van der Waals surface area contributed by atoms with Gasteiger partial charge in [0.1, 0.15) is 0 Å². The summed E-state index contributed by atoms with van der Waals surface area (Å²) in [6.07, 6.45) is 0. The van der Waals surface area contributed by atoms with Crippen molar-refractivity contribution in [2.24, 2.45) is 0 Å². The fourth-order valence-electron chi connectivity index (χ4n) is 8.18. The van der Waals surface area contributed by atoms with E-state index in [1.54, 1.807) is 0 Å². The summed E-state index contributed by atoms with van der Waals surface area (Å²) in [5.74, 6) is 0.712. The summed E-state index contributed by atoms with van der Waals surface area (Å²) < 4.78 is 2.67. The van der Waals surface area contributed by atoms with E-state index in [1.807, 2.05) is 17.4 Å². The van der Waals surface area contributed by atoms with Gasteiger partial charge in [-0.3, -0.25) is 0 Å². The molecule has 3 heteroatoms. The highest BCUT2D eigenvalue weighted by Crippen LogP contribution is 2.41. The number of aromatic nitrogens is 2. The normalized spacial score (nSPS) is 11.6. The summed E-state index contributed by atoms with van der Waals surface area (Å²) in [5.41, 5.74) is 9.77. The first-order valence-electron chi connectivity index (χ1n) is 18.6. The first kappa shape index (κ1) is 31.6. The van der Waals surface area contributed by atoms with Gasteiger partial charge in [-0.25, -0.2) is 9.97 Å². The largest absolute Gasteiger partial charge is 0.228 e. The zero-order valence-electron chi connectivity index (χ0n) is 29.8. The summed E-state index contributed by atoms with van der Waals surface area (Å²) in [6, 6.07) is 69.7. The highest BCUT2D eigenvalue weighted by molar-refractivity contribution is 7.26. The monoisotopic (exact) mass is 716 g/mol. The predicted molar refractivity (Wildman–Crippen MR) is 235 cm³/mol. The summed E-state index contributed by atoms with van der Waals surface area (Å²) in [7, 11) is 0. The van der Waals surface area contributed by atoms with E-state index in [0.29, 0.717) is 5.82 Å². The fourth-order valence-corrected chi connectivity index (χ4v) is 9.42. The van der Waals surface area contributed by atoms with Crippen molar-refractivity contribution >= 4 is 63.8 Å². The molecular weight excluding hydrogens is 685 g/mol. The third kappa shape index (κ3) is 5.40. The predicted octanol–water partition coefficient (Wildman–Crippen LogP) is 14.6. The molecule has 11 aromatic rings. The second-order valence-electron chi connectivity index (χ2n) is 14.1. The van der Waals surface area contributed by atoms with E-state index in [1.165, 1.54) is 74.7 Å². The van der Waals surface area contributed by atoms with Gasteiger partial charge >= 0.3 is 0 Å². The van der Waals surface area contributed by atoms with Crippen LogP contribution >= 0.6 is 11.3 Å². The molecule has 0 bridgehead atoms. The van der Waals surface area contributed by atoms with Gasteiger partial charge in [0.2, 0.25) is 0 Å². The second-order valence-corrected chi connectivity index (χ2v) is 15.2. The van der Waals surface area contributed by atoms with Crippen molar-refractivity contribution in [3.8, 4) is 56.2 Å². The minimum Gasteiger partial charge on any atom is -0.228 e. The van der Waals surface area contributed by atoms with E-state index in [9.17, 15) is 0 Å². The van der Waals surface area contributed by atoms with Gasteiger partial charge in [0.05, 0.1) is 11.4 Å². The number of benzene rings is 9. The number of nitrogens with zero attached hydrogens (tertiary/aromatic N) is 2. The van der Waals surface area contributed by atoms with Crippen molar-refractivity contribution in [3.05, 3.63) is 194 Å². The van der Waals surface area contributed by atoms with Crippen LogP contribution in [0.1, 0.15) is 0 Å². The van der Waals surface area contributed by atoms with Crippen molar-refractivity contribution in [2.75, 3.05) is 0 Å². The zero-order valence-corrected chi connectivity index (χ0v) is 30.6. The van der Waals surface area contributed by atoms with E-state index in [0.717, 1.165) is 28.1 Å². The topological polar surface area (TPSA) is 25.8 Å². The molecule has 256 valence electrons. The lowest BCUT2D eigenvalue weighted by Gasteiger charge is -2.13. The quantitative estimate of drug-likeness (QED) is 0.166. The molecule has 11 rings (SSSR count). The molecule has 0 N–H and O–H groups in total. The molecule has 55 heavy (non-hydrogen) atoms. The molecule has 2 heterocycles. The first-order chi connectivity index (χ1) is 27.2. The Labute approximate surface area is 322 Å². The molecular formula is C52H32N2S. The standard InChI is InChI=1S/C52H32N2S/c1-2-11-36(12-3-1)48-32-49(54-52(53-48)38-29-30-44-42-15-5-4-13-40(42)41-14-6-7-16-43(41)47(44)31-38)37-27-23-34(24-28-37)33-21-25-35(26-22-33)39-18-10-19-46-45-17-8-9-20-50(45)55-51(39)46/h1-32H. The van der Waals surface area contributed by atoms with E-state index < -0.39 is 0 Å². The van der Waals surface area contributed by atoms with Crippen molar-refractivity contribution in [1.82, 2.24) is 9.97 Å². The summed E-state index contributed by atoms with van der Waals surface area (Å²) >= 11 is 1.87. The molecule has 2 nitrogen and oxygen atoms in total. The highest BCUT2D eigenvalue weighted by atomic mass is 32.1. The smallest absolute Gasteiger partial charge is 0.160 e. The molecule has 0 aliphatic carbocycles. The first-order valence-corrected chi connectivity index (χ1v) is 19.5. The van der Waals surface area contributed by atoms with Gasteiger partial charge in [-0.2, -0.15) is 0 Å². The maximum atomic E-state index is 5.23. The van der Waals surface area contributed by atoms with Gasteiger partial charge in [-0.1, -0.05) is 176 Å². The molecule has 0 saturated carbocycles. The van der Waals surface area contributed by atoms with E-state index in [2.05, 4.69) is 188 Å². The molecule has 0 fully saturated rings. The van der Waals surface area contributed by atoms with Crippen LogP contribution < -0.4 is 0 Å². The average molecular weight is 717 g/mol. The lowest BCUT2D eigenvalue weighted by Crippen LogP contribution is -1.96. The molecule has 0 spiro atoms. The number of fused-ring (bicyclic) bond motifs is 9. The van der Waals surface area contributed by atoms with Gasteiger partial charge in [0.25, 0.3) is 0 Å². The molecule has 0 atom stereocenters. The number of hydrogen-bond acceptors (Lipinski definition) is 3. The van der Waals surface area contributed by atoms with E-state index in [4.69, 9.17) is 9.97 Å². The lowest BCUT2D eigenvalue weighted by atomic mass is 9.93. The zero-order chi connectivity index (χ0) is 36.3. The average Bonchev–Trinajstić information content (AvgIpc) is 3.66. The minimum atomic E-state index is 0.712. The number of rotatable bonds is 5. The fraction of sp³-hybridized carbons (Fsp3) is 0. The Bertz CT molecular complexity index is 3200. The third-order valence-corrected chi connectivity index (χ3v) is 12.1. The Balaban J connectivity index is 0.974. The molecule has 0 amide bonds. The van der Waals surface area contributed by atoms with Crippen molar-refractivity contribution in [2.45, 2.75) is 0 Å². The highest BCUT2D eigenvalue weighted by Gasteiger charge is 2.15. The van der Waals surface area contributed by atoms with Crippen LogP contribution in [0, 0.1) is 0 Å². The van der Waals surface area contributed by atoms with Crippen molar-refractivity contribution in [1.29, 1.82) is 0 Å². The van der Waals surface area contributed by atoms with Crippen molar-refractivity contribution < 1.29 is 0 Å². The molecule has 2 aromatic heterocycles. The lowest BCUT2D eigenvalue weighted by molar-refractivity contribution is 1.18. The minimum absolute atomic E-state index is 0.712. The molecule has 0 aliphatic rings. The van der Waals surface area contributed by atoms with E-state index >= 15 is 0 Å². The molecule has 0 radical (unpaired) electrons. The molecule has 0 saturated heterocycles. The van der Waals surface area contributed by atoms with Gasteiger partial charge in [-0.05, 0) is 72.8 Å². The maximum Gasteiger partial charge on any atom is 0.160 e. The van der Waals surface area contributed by atoms with Gasteiger partial charge in [0, 0.05) is 36.9 Å². The van der Waals surface area contributed by atoms with E-state index in [-0.39, 0.29) is 0 Å². The van der Waals surface area contributed by atoms with Crippen LogP contribution in [0.4, 0.5) is 0 Å². The summed E-state index contributed by atoms with van der Waals surface area (Å²) in [5, 5.41) is 10.1. The van der Waals surface area contributed by atoms with Gasteiger partial charge in [0.15, 0.2) is 5.82 Å². The number of thiophene rings is 1. The summed E-state index contributed by atoms with van der Waals surface area (Å²) in [4.78, 5) is 10.4. The second kappa shape index (κ2) is 12.9. The maximum absolute atomic E-state index is 5.23. The van der Waals surface area contributed by atoms with Crippen LogP contribution in [0.25, 0.3) is 109 Å². The van der Waals surface area contributed by atoms with Crippen molar-refractivity contribution in [3.63, 3.8) is 0 Å². The van der Waals surface area contributed by atoms with Crippen LogP contribution in [0.2, 0.25) is 0 Å². The van der Waals surface area contributed by atoms with Crippen LogP contribution in [0.5, 0.6) is 0 Å². The third-order valence-electron chi connectivity index (χ3n) is 10.9. The Hall–Kier alpha value is -6.94. The van der Waals surface area contributed by atoms with Crippen LogP contribution in [0.15, 0.2) is 194 Å².